The second-order valence-electron chi connectivity index (χ2n) is 1.77. The predicted octanol–water partition coefficient (Wildman–Crippen LogP) is -0.461. The van der Waals surface area contributed by atoms with Gasteiger partial charge in [0.2, 0.25) is 0 Å². The number of nitrogens with zero attached hydrogens (tertiary/aromatic N) is 1. The van der Waals surface area contributed by atoms with Crippen LogP contribution < -0.4 is 11.1 Å². The molecule has 2 atom stereocenters. The molecule has 0 saturated carbocycles. The lowest BCUT2D eigenvalue weighted by Gasteiger charge is -2.00. The molecule has 0 bridgehead atoms. The van der Waals surface area contributed by atoms with E-state index in [0.29, 0.717) is 0 Å². The Kier molecular flexibility index (Phi) is 1.52. The minimum atomic E-state index is 0.0972. The van der Waals surface area contributed by atoms with Crippen LogP contribution in [0.25, 0.3) is 0 Å². The third kappa shape index (κ3) is 1.06. The number of hydrogen-bond acceptors (Lipinski definition) is 1. The molecule has 2 nitrogen and oxygen atoms in total. The third-order valence-corrected chi connectivity index (χ3v) is 1.57. The quantitative estimate of drug-likeness (QED) is 0.431. The first kappa shape index (κ1) is 5.35. The van der Waals surface area contributed by atoms with Crippen LogP contribution in [0.3, 0.4) is 0 Å². The maximum Gasteiger partial charge on any atom is 0.0641 e. The van der Waals surface area contributed by atoms with Gasteiger partial charge in [0.25, 0.3) is 0 Å². The number of hydrogen-bond donors (Lipinski definition) is 1. The smallest absolute Gasteiger partial charge is 0.0641 e. The summed E-state index contributed by atoms with van der Waals surface area (Å²) in [4.78, 5) is 0. The van der Waals surface area contributed by atoms with Crippen molar-refractivity contribution in [2.75, 3.05) is 13.1 Å². The number of rotatable bonds is 0. The molecule has 0 aromatic rings. The van der Waals surface area contributed by atoms with Crippen molar-refractivity contribution in [3.05, 3.63) is 0 Å². The molecule has 0 aromatic heterocycles. The van der Waals surface area contributed by atoms with E-state index in [1.165, 1.54) is 0 Å². The lowest BCUT2D eigenvalue weighted by molar-refractivity contribution is 0.743. The highest BCUT2D eigenvalue weighted by molar-refractivity contribution is 6.21. The fourth-order valence-electron chi connectivity index (χ4n) is 0.597. The van der Waals surface area contributed by atoms with Crippen LogP contribution >= 0.6 is 11.6 Å². The highest BCUT2D eigenvalue weighted by Crippen LogP contribution is 2.04. The Morgan fingerprint density at radius 3 is 2.43 bits per heavy atom. The van der Waals surface area contributed by atoms with Gasteiger partial charge >= 0.3 is 0 Å². The first-order valence-corrected chi connectivity index (χ1v) is 2.77. The van der Waals surface area contributed by atoms with E-state index in [-0.39, 0.29) is 11.4 Å². The molecule has 2 unspecified atom stereocenters. The summed E-state index contributed by atoms with van der Waals surface area (Å²) in [6, 6.07) is 0.113. The van der Waals surface area contributed by atoms with Crippen molar-refractivity contribution in [2.24, 2.45) is 5.73 Å². The molecule has 0 amide bonds. The Morgan fingerprint density at radius 1 is 1.57 bits per heavy atom. The van der Waals surface area contributed by atoms with Crippen molar-refractivity contribution < 1.29 is 0 Å². The molecule has 0 aromatic carbocycles. The lowest BCUT2D eigenvalue weighted by atomic mass is 10.3. The summed E-state index contributed by atoms with van der Waals surface area (Å²) in [6.07, 6.45) is 0. The zero-order valence-electron chi connectivity index (χ0n) is 3.97. The summed E-state index contributed by atoms with van der Waals surface area (Å²) in [7, 11) is 0. The molecule has 7 heavy (non-hydrogen) atoms. The summed E-state index contributed by atoms with van der Waals surface area (Å²) in [6.45, 7) is 1.48. The van der Waals surface area contributed by atoms with Crippen LogP contribution in [0.1, 0.15) is 0 Å². The van der Waals surface area contributed by atoms with E-state index in [9.17, 15) is 0 Å². The minimum absolute atomic E-state index is 0.0972. The van der Waals surface area contributed by atoms with Crippen LogP contribution in [0, 0.1) is 0 Å². The van der Waals surface area contributed by atoms with Crippen molar-refractivity contribution in [2.45, 2.75) is 11.4 Å². The monoisotopic (exact) mass is 119 g/mol. The number of alkyl halides is 1. The lowest BCUT2D eigenvalue weighted by Crippen LogP contribution is -2.28. The van der Waals surface area contributed by atoms with Crippen molar-refractivity contribution in [1.82, 2.24) is 5.32 Å². The SMILES string of the molecule is NC1C[N]CC1Cl. The fraction of sp³-hybridized carbons (Fsp3) is 1.00. The van der Waals surface area contributed by atoms with Gasteiger partial charge in [-0.15, -0.1) is 11.6 Å². The van der Waals surface area contributed by atoms with Crippen molar-refractivity contribution in [3.63, 3.8) is 0 Å². The van der Waals surface area contributed by atoms with E-state index in [0.717, 1.165) is 13.1 Å². The highest BCUT2D eigenvalue weighted by Gasteiger charge is 2.21. The molecule has 3 heteroatoms. The van der Waals surface area contributed by atoms with E-state index in [4.69, 9.17) is 17.3 Å². The van der Waals surface area contributed by atoms with E-state index < -0.39 is 0 Å². The summed E-state index contributed by atoms with van der Waals surface area (Å²) in [5, 5.41) is 4.09. The standard InChI is InChI=1S/C4H8ClN2/c5-3-1-7-2-4(3)6/h3-4H,1-2,6H2. The normalized spacial score (nSPS) is 42.0. The van der Waals surface area contributed by atoms with Gasteiger partial charge in [-0.2, -0.15) is 0 Å². The second kappa shape index (κ2) is 1.99. The van der Waals surface area contributed by atoms with Crippen LogP contribution in [0.15, 0.2) is 0 Å². The summed E-state index contributed by atoms with van der Waals surface area (Å²) < 4.78 is 0. The Hall–Kier alpha value is 0.210. The van der Waals surface area contributed by atoms with Gasteiger partial charge in [-0.3, -0.25) is 0 Å². The van der Waals surface area contributed by atoms with E-state index >= 15 is 0 Å². The van der Waals surface area contributed by atoms with Crippen LogP contribution in [-0.2, 0) is 0 Å². The third-order valence-electron chi connectivity index (χ3n) is 1.11. The molecule has 1 saturated heterocycles. The summed E-state index contributed by atoms with van der Waals surface area (Å²) >= 11 is 5.64. The first-order chi connectivity index (χ1) is 3.30. The average Bonchev–Trinajstić information content (AvgIpc) is 1.91. The first-order valence-electron chi connectivity index (χ1n) is 2.33. The van der Waals surface area contributed by atoms with Crippen LogP contribution in [0.2, 0.25) is 0 Å². The Labute approximate surface area is 48.0 Å². The van der Waals surface area contributed by atoms with Gasteiger partial charge in [0.15, 0.2) is 0 Å². The molecule has 41 valence electrons. The van der Waals surface area contributed by atoms with Crippen molar-refractivity contribution in [1.29, 1.82) is 0 Å². The number of halogens is 1. The van der Waals surface area contributed by atoms with Crippen LogP contribution in [0.4, 0.5) is 0 Å². The maximum absolute atomic E-state index is 5.64. The van der Waals surface area contributed by atoms with Gasteiger partial charge in [0, 0.05) is 19.1 Å². The predicted molar refractivity (Wildman–Crippen MR) is 29.5 cm³/mol. The Bertz CT molecular complexity index is 58.7. The molecule has 0 spiro atoms. The Morgan fingerprint density at radius 2 is 2.29 bits per heavy atom. The zero-order valence-corrected chi connectivity index (χ0v) is 4.73. The fourth-order valence-corrected chi connectivity index (χ4v) is 0.774. The van der Waals surface area contributed by atoms with Gasteiger partial charge in [-0.25, -0.2) is 5.32 Å². The van der Waals surface area contributed by atoms with E-state index in [2.05, 4.69) is 5.32 Å². The van der Waals surface area contributed by atoms with Gasteiger partial charge in [-0.1, -0.05) is 0 Å². The van der Waals surface area contributed by atoms with Gasteiger partial charge < -0.3 is 5.73 Å². The molecule has 1 aliphatic heterocycles. The molecular formula is C4H8ClN2. The van der Waals surface area contributed by atoms with Gasteiger partial charge in [0.05, 0.1) is 5.38 Å². The van der Waals surface area contributed by atoms with Gasteiger partial charge in [-0.05, 0) is 0 Å². The van der Waals surface area contributed by atoms with Gasteiger partial charge in [0.1, 0.15) is 0 Å². The molecular weight excluding hydrogens is 112 g/mol. The Balaban J connectivity index is 2.33. The zero-order chi connectivity index (χ0) is 5.28. The molecule has 1 aliphatic rings. The second-order valence-corrected chi connectivity index (χ2v) is 2.33. The topological polar surface area (TPSA) is 40.1 Å². The maximum atomic E-state index is 5.64. The summed E-state index contributed by atoms with van der Waals surface area (Å²) in [5.74, 6) is 0. The van der Waals surface area contributed by atoms with Crippen molar-refractivity contribution >= 4 is 11.6 Å². The van der Waals surface area contributed by atoms with E-state index in [1.807, 2.05) is 0 Å². The largest absolute Gasteiger partial charge is 0.325 e. The van der Waals surface area contributed by atoms with Crippen molar-refractivity contribution in [3.8, 4) is 0 Å². The molecule has 1 heterocycles. The van der Waals surface area contributed by atoms with E-state index in [1.54, 1.807) is 0 Å². The minimum Gasteiger partial charge on any atom is -0.325 e. The average molecular weight is 120 g/mol. The molecule has 2 N–H and O–H groups in total. The number of nitrogens with two attached hydrogens (primary N) is 1. The van der Waals surface area contributed by atoms with Crippen LogP contribution in [-0.4, -0.2) is 24.5 Å². The molecule has 1 fully saturated rings. The highest BCUT2D eigenvalue weighted by atomic mass is 35.5. The van der Waals surface area contributed by atoms with Crippen LogP contribution in [0.5, 0.6) is 0 Å². The molecule has 1 rings (SSSR count). The molecule has 0 aliphatic carbocycles. The molecule has 1 radical (unpaired) electrons. The summed E-state index contributed by atoms with van der Waals surface area (Å²) in [5.41, 5.74) is 5.45.